The number of aliphatic hydroxyl groups is 3. The molecule has 2 heterocycles. The van der Waals surface area contributed by atoms with Gasteiger partial charge in [0.25, 0.3) is 0 Å². The molecule has 36 heavy (non-hydrogen) atoms. The van der Waals surface area contributed by atoms with Gasteiger partial charge >= 0.3 is 0 Å². The van der Waals surface area contributed by atoms with Crippen molar-refractivity contribution in [2.75, 3.05) is 12.8 Å². The third kappa shape index (κ3) is 8.05. The smallest absolute Gasteiger partial charge is 0.237 e. The van der Waals surface area contributed by atoms with Crippen molar-refractivity contribution >= 4 is 29.3 Å². The Morgan fingerprint density at radius 2 is 2.00 bits per heavy atom. The van der Waals surface area contributed by atoms with E-state index in [0.29, 0.717) is 13.0 Å². The highest BCUT2D eigenvalue weighted by Gasteiger charge is 2.48. The standard InChI is InChI=1S/C27H39ClN2O5S/c1-17(28)21(25-23(32)22(31)24(33)27(35-25)36-2)30-26(34)20-14-13-19(15-16-29-20)12-8-4-7-11-18-9-5-3-6-10-18/h3,5-6,8-10,12-13,17,20-25,27,29,31-33H,4,7,11,14-16H2,1-2H3,(H,30,34)/b12-8+/t17-,20-,21+,22?,23-,24+,25+,27?/m0/s1. The van der Waals surface area contributed by atoms with Crippen LogP contribution in [0.2, 0.25) is 0 Å². The van der Waals surface area contributed by atoms with Gasteiger partial charge in [-0.05, 0) is 57.4 Å². The number of benzene rings is 1. The summed E-state index contributed by atoms with van der Waals surface area (Å²) in [5, 5.41) is 36.6. The maximum atomic E-state index is 13.1. The van der Waals surface area contributed by atoms with Crippen LogP contribution < -0.4 is 10.6 Å². The van der Waals surface area contributed by atoms with Crippen LogP contribution in [0.3, 0.4) is 0 Å². The number of allylic oxidation sites excluding steroid dienone is 2. The lowest BCUT2D eigenvalue weighted by atomic mass is 9.93. The van der Waals surface area contributed by atoms with E-state index in [0.717, 1.165) is 25.7 Å². The molecular weight excluding hydrogens is 500 g/mol. The van der Waals surface area contributed by atoms with E-state index in [-0.39, 0.29) is 5.91 Å². The number of carbonyl (C=O) groups is 1. The molecule has 2 unspecified atom stereocenters. The first-order chi connectivity index (χ1) is 17.3. The van der Waals surface area contributed by atoms with E-state index in [1.165, 1.54) is 22.9 Å². The molecule has 5 N–H and O–H groups in total. The first-order valence-electron chi connectivity index (χ1n) is 12.6. The van der Waals surface area contributed by atoms with E-state index in [9.17, 15) is 20.1 Å². The molecule has 0 spiro atoms. The predicted octanol–water partition coefficient (Wildman–Crippen LogP) is 2.53. The number of aliphatic hydroxyl groups excluding tert-OH is 3. The van der Waals surface area contributed by atoms with Crippen molar-refractivity contribution in [1.29, 1.82) is 0 Å². The van der Waals surface area contributed by atoms with Crippen molar-refractivity contribution in [1.82, 2.24) is 10.6 Å². The molecule has 200 valence electrons. The maximum absolute atomic E-state index is 13.1. The molecule has 1 saturated heterocycles. The number of halogens is 1. The minimum absolute atomic E-state index is 0.242. The minimum atomic E-state index is -1.39. The Hall–Kier alpha value is -1.39. The van der Waals surface area contributed by atoms with Crippen LogP contribution in [0.25, 0.3) is 0 Å². The van der Waals surface area contributed by atoms with Crippen molar-refractivity contribution in [3.05, 3.63) is 59.7 Å². The molecule has 1 aromatic rings. The summed E-state index contributed by atoms with van der Waals surface area (Å²) in [5.74, 6) is -0.242. The summed E-state index contributed by atoms with van der Waals surface area (Å²) in [5.41, 5.74) is 1.82. The summed E-state index contributed by atoms with van der Waals surface area (Å²) in [6.45, 7) is 2.37. The molecule has 2 aliphatic rings. The van der Waals surface area contributed by atoms with Crippen molar-refractivity contribution in [2.45, 2.75) is 86.3 Å². The van der Waals surface area contributed by atoms with Crippen LogP contribution in [0.5, 0.6) is 0 Å². The van der Waals surface area contributed by atoms with Gasteiger partial charge in [0.1, 0.15) is 29.9 Å². The third-order valence-corrected chi connectivity index (χ3v) is 7.87. The molecule has 0 radical (unpaired) electrons. The third-order valence-electron chi connectivity index (χ3n) is 6.74. The number of thioether (sulfide) groups is 1. The fourth-order valence-electron chi connectivity index (χ4n) is 4.59. The van der Waals surface area contributed by atoms with E-state index < -0.39 is 47.3 Å². The highest BCUT2D eigenvalue weighted by molar-refractivity contribution is 7.99. The molecule has 9 heteroatoms. The number of unbranched alkanes of at least 4 members (excludes halogenated alkanes) is 1. The van der Waals surface area contributed by atoms with Gasteiger partial charge in [0.2, 0.25) is 5.91 Å². The van der Waals surface area contributed by atoms with E-state index in [2.05, 4.69) is 53.1 Å². The second-order valence-corrected chi connectivity index (χ2v) is 11.1. The Kier molecular flexibility index (Phi) is 11.8. The molecule has 1 fully saturated rings. The summed E-state index contributed by atoms with van der Waals surface area (Å²) < 4.78 is 5.84. The normalized spacial score (nSPS) is 30.9. The first kappa shape index (κ1) is 29.2. The molecule has 2 aliphatic heterocycles. The summed E-state index contributed by atoms with van der Waals surface area (Å²) in [6.07, 6.45) is 7.74. The molecule has 0 aromatic heterocycles. The molecular formula is C27H39ClN2O5S. The number of ether oxygens (including phenoxy) is 1. The van der Waals surface area contributed by atoms with Crippen molar-refractivity contribution in [2.24, 2.45) is 0 Å². The van der Waals surface area contributed by atoms with Crippen LogP contribution >= 0.6 is 23.4 Å². The van der Waals surface area contributed by atoms with Crippen LogP contribution in [0.1, 0.15) is 38.2 Å². The molecule has 7 nitrogen and oxygen atoms in total. The van der Waals surface area contributed by atoms with Gasteiger partial charge in [0.15, 0.2) is 0 Å². The van der Waals surface area contributed by atoms with E-state index in [4.69, 9.17) is 16.3 Å². The molecule has 0 aliphatic carbocycles. The van der Waals surface area contributed by atoms with Gasteiger partial charge in [-0.15, -0.1) is 23.4 Å². The van der Waals surface area contributed by atoms with Gasteiger partial charge in [0, 0.05) is 0 Å². The van der Waals surface area contributed by atoms with E-state index in [1.807, 2.05) is 6.07 Å². The zero-order valence-corrected chi connectivity index (χ0v) is 22.5. The lowest BCUT2D eigenvalue weighted by molar-refractivity contribution is -0.205. The van der Waals surface area contributed by atoms with Crippen LogP contribution in [0.15, 0.2) is 54.1 Å². The number of carbonyl (C=O) groups excluding carboxylic acids is 1. The Balaban J connectivity index is 1.53. The van der Waals surface area contributed by atoms with Crippen LogP contribution in [0, 0.1) is 0 Å². The molecule has 8 atom stereocenters. The summed E-state index contributed by atoms with van der Waals surface area (Å²) in [7, 11) is 0. The lowest BCUT2D eigenvalue weighted by Crippen LogP contribution is -2.65. The second kappa shape index (κ2) is 14.5. The van der Waals surface area contributed by atoms with Gasteiger partial charge < -0.3 is 30.7 Å². The zero-order chi connectivity index (χ0) is 26.1. The van der Waals surface area contributed by atoms with E-state index >= 15 is 0 Å². The van der Waals surface area contributed by atoms with Crippen LogP contribution in [0.4, 0.5) is 0 Å². The predicted molar refractivity (Wildman–Crippen MR) is 145 cm³/mol. The van der Waals surface area contributed by atoms with Gasteiger partial charge in [-0.1, -0.05) is 54.1 Å². The maximum Gasteiger partial charge on any atom is 0.237 e. The minimum Gasteiger partial charge on any atom is -0.388 e. The van der Waals surface area contributed by atoms with Crippen LogP contribution in [-0.2, 0) is 16.0 Å². The molecule has 0 bridgehead atoms. The topological polar surface area (TPSA) is 111 Å². The largest absolute Gasteiger partial charge is 0.388 e. The van der Waals surface area contributed by atoms with E-state index in [1.54, 1.807) is 13.2 Å². The Bertz CT molecular complexity index is 882. The molecule has 3 rings (SSSR count). The highest BCUT2D eigenvalue weighted by Crippen LogP contribution is 2.30. The average molecular weight is 539 g/mol. The number of amides is 1. The highest BCUT2D eigenvalue weighted by atomic mass is 35.5. The van der Waals surface area contributed by atoms with Crippen molar-refractivity contribution in [3.63, 3.8) is 0 Å². The quantitative estimate of drug-likeness (QED) is 0.230. The average Bonchev–Trinajstić information content (AvgIpc) is 3.12. The van der Waals surface area contributed by atoms with Gasteiger partial charge in [-0.2, -0.15) is 0 Å². The fraction of sp³-hybridized carbons (Fsp3) is 0.593. The Morgan fingerprint density at radius 3 is 2.69 bits per heavy atom. The molecule has 1 aromatic carbocycles. The summed E-state index contributed by atoms with van der Waals surface area (Å²) in [4.78, 5) is 13.1. The number of nitrogens with one attached hydrogen (secondary N) is 2. The summed E-state index contributed by atoms with van der Waals surface area (Å²) >= 11 is 7.60. The second-order valence-electron chi connectivity index (χ2n) is 9.44. The van der Waals surface area contributed by atoms with Crippen LogP contribution in [-0.4, -0.2) is 81.3 Å². The number of hydrogen-bond acceptors (Lipinski definition) is 7. The van der Waals surface area contributed by atoms with Gasteiger partial charge in [-0.3, -0.25) is 4.79 Å². The number of aryl methyl sites for hydroxylation is 1. The van der Waals surface area contributed by atoms with Gasteiger partial charge in [0.05, 0.1) is 17.5 Å². The lowest BCUT2D eigenvalue weighted by Gasteiger charge is -2.44. The SMILES string of the molecule is CSC1O[C@H]([C@H](NC(=O)[C@@H]2CC=C(/C=C/CCCc3ccccc3)CCN2)[C@H](C)Cl)[C@@H](O)C(O)[C@H]1O. The number of rotatable bonds is 10. The summed E-state index contributed by atoms with van der Waals surface area (Å²) in [6, 6.07) is 9.27. The molecule has 0 saturated carbocycles. The first-order valence-corrected chi connectivity index (χ1v) is 14.3. The monoisotopic (exact) mass is 538 g/mol. The molecule has 1 amide bonds. The van der Waals surface area contributed by atoms with Crippen molar-refractivity contribution in [3.8, 4) is 0 Å². The van der Waals surface area contributed by atoms with Gasteiger partial charge in [-0.25, -0.2) is 0 Å². The number of alkyl halides is 1. The fourth-order valence-corrected chi connectivity index (χ4v) is 5.47. The Labute approximate surface area is 223 Å². The Morgan fingerprint density at radius 1 is 1.25 bits per heavy atom. The number of hydrogen-bond donors (Lipinski definition) is 5. The zero-order valence-electron chi connectivity index (χ0n) is 20.9. The van der Waals surface area contributed by atoms with Crippen molar-refractivity contribution < 1.29 is 24.9 Å².